The summed E-state index contributed by atoms with van der Waals surface area (Å²) in [7, 11) is 0. The number of hydrogen-bond donors (Lipinski definition) is 1. The first-order valence-corrected chi connectivity index (χ1v) is 7.08. The third-order valence-corrected chi connectivity index (χ3v) is 4.37. The van der Waals surface area contributed by atoms with Gasteiger partial charge in [0, 0.05) is 16.3 Å². The molecular formula is C16H15NS. The maximum atomic E-state index is 5.96. The summed E-state index contributed by atoms with van der Waals surface area (Å²) in [6.07, 6.45) is 3.40. The minimum Gasteiger partial charge on any atom is -0.398 e. The van der Waals surface area contributed by atoms with Gasteiger partial charge >= 0.3 is 0 Å². The van der Waals surface area contributed by atoms with Crippen LogP contribution in [0.2, 0.25) is 0 Å². The topological polar surface area (TPSA) is 26.0 Å². The van der Waals surface area contributed by atoms with Crippen molar-refractivity contribution in [1.29, 1.82) is 0 Å². The lowest BCUT2D eigenvalue weighted by molar-refractivity contribution is 1.31. The van der Waals surface area contributed by atoms with Crippen molar-refractivity contribution >= 4 is 23.0 Å². The van der Waals surface area contributed by atoms with Gasteiger partial charge in [-0.05, 0) is 35.3 Å². The highest BCUT2D eigenvalue weighted by atomic mass is 32.2. The Morgan fingerprint density at radius 2 is 1.78 bits per heavy atom. The number of para-hydroxylation sites is 1. The van der Waals surface area contributed by atoms with E-state index in [0.717, 1.165) is 17.9 Å². The molecule has 1 aliphatic rings. The minimum atomic E-state index is 0.870. The molecule has 0 atom stereocenters. The molecule has 1 aliphatic carbocycles. The molecular weight excluding hydrogens is 238 g/mol. The number of nitrogens with two attached hydrogens (primary N) is 1. The van der Waals surface area contributed by atoms with Gasteiger partial charge in [0.25, 0.3) is 0 Å². The Hall–Kier alpha value is -1.67. The van der Waals surface area contributed by atoms with E-state index in [0.29, 0.717) is 0 Å². The van der Waals surface area contributed by atoms with Gasteiger partial charge in [-0.15, -0.1) is 11.8 Å². The molecule has 18 heavy (non-hydrogen) atoms. The minimum absolute atomic E-state index is 0.870. The first-order valence-electron chi connectivity index (χ1n) is 6.09. The highest BCUT2D eigenvalue weighted by Gasteiger charge is 2.13. The van der Waals surface area contributed by atoms with Crippen LogP contribution in [0.4, 0.5) is 5.69 Å². The molecule has 0 bridgehead atoms. The molecule has 0 fully saturated rings. The Bertz CT molecular complexity index is 602. The second-order valence-electron chi connectivity index (χ2n) is 4.42. The maximum Gasteiger partial charge on any atom is 0.0452 e. The van der Waals surface area contributed by atoms with E-state index in [1.54, 1.807) is 0 Å². The van der Waals surface area contributed by atoms with E-state index in [9.17, 15) is 0 Å². The average Bonchev–Trinajstić information content (AvgIpc) is 2.81. The van der Waals surface area contributed by atoms with Gasteiger partial charge in [-0.2, -0.15) is 0 Å². The summed E-state index contributed by atoms with van der Waals surface area (Å²) < 4.78 is 0. The molecule has 0 saturated heterocycles. The number of benzene rings is 2. The highest BCUT2D eigenvalue weighted by molar-refractivity contribution is 7.99. The van der Waals surface area contributed by atoms with Crippen LogP contribution < -0.4 is 5.73 Å². The molecule has 90 valence electrons. The molecule has 2 aromatic rings. The molecule has 2 aromatic carbocycles. The van der Waals surface area contributed by atoms with Crippen LogP contribution in [-0.4, -0.2) is 5.75 Å². The summed E-state index contributed by atoms with van der Waals surface area (Å²) in [6.45, 7) is 0. The van der Waals surface area contributed by atoms with Crippen molar-refractivity contribution in [3.8, 4) is 0 Å². The Morgan fingerprint density at radius 3 is 2.67 bits per heavy atom. The van der Waals surface area contributed by atoms with Crippen molar-refractivity contribution in [1.82, 2.24) is 0 Å². The van der Waals surface area contributed by atoms with Gasteiger partial charge in [0.1, 0.15) is 0 Å². The SMILES string of the molecule is Nc1ccccc1SCC1=CCc2ccccc21. The predicted octanol–water partition coefficient (Wildman–Crippen LogP) is 4.00. The van der Waals surface area contributed by atoms with Gasteiger partial charge in [-0.3, -0.25) is 0 Å². The van der Waals surface area contributed by atoms with E-state index in [1.165, 1.54) is 21.6 Å². The first-order chi connectivity index (χ1) is 8.84. The van der Waals surface area contributed by atoms with Gasteiger partial charge in [-0.25, -0.2) is 0 Å². The van der Waals surface area contributed by atoms with E-state index in [2.05, 4.69) is 36.4 Å². The van der Waals surface area contributed by atoms with Gasteiger partial charge in [0.2, 0.25) is 0 Å². The first kappa shape index (κ1) is 11.4. The zero-order chi connectivity index (χ0) is 12.4. The summed E-state index contributed by atoms with van der Waals surface area (Å²) in [6, 6.07) is 16.7. The second-order valence-corrected chi connectivity index (χ2v) is 5.43. The van der Waals surface area contributed by atoms with Crippen LogP contribution in [0.25, 0.3) is 5.57 Å². The van der Waals surface area contributed by atoms with Crippen LogP contribution in [0.5, 0.6) is 0 Å². The number of rotatable bonds is 3. The quantitative estimate of drug-likeness (QED) is 0.661. The van der Waals surface area contributed by atoms with E-state index < -0.39 is 0 Å². The zero-order valence-corrected chi connectivity index (χ0v) is 10.9. The number of hydrogen-bond acceptors (Lipinski definition) is 2. The summed E-state index contributed by atoms with van der Waals surface area (Å²) in [5, 5.41) is 0. The van der Waals surface area contributed by atoms with Gasteiger partial charge < -0.3 is 5.73 Å². The molecule has 2 heteroatoms. The Balaban J connectivity index is 1.75. The van der Waals surface area contributed by atoms with Crippen LogP contribution in [0.15, 0.2) is 59.5 Å². The number of allylic oxidation sites excluding steroid dienone is 1. The Kier molecular flexibility index (Phi) is 3.11. The Morgan fingerprint density at radius 1 is 1.00 bits per heavy atom. The molecule has 1 nitrogen and oxygen atoms in total. The van der Waals surface area contributed by atoms with E-state index in [4.69, 9.17) is 5.73 Å². The van der Waals surface area contributed by atoms with E-state index in [-0.39, 0.29) is 0 Å². The third kappa shape index (κ3) is 2.16. The zero-order valence-electron chi connectivity index (χ0n) is 10.1. The molecule has 0 saturated carbocycles. The van der Waals surface area contributed by atoms with Crippen molar-refractivity contribution in [3.63, 3.8) is 0 Å². The van der Waals surface area contributed by atoms with Crippen LogP contribution in [0, 0.1) is 0 Å². The molecule has 0 spiro atoms. The molecule has 0 heterocycles. The Labute approximate surface area is 112 Å². The normalized spacial score (nSPS) is 13.2. The maximum absolute atomic E-state index is 5.96. The largest absolute Gasteiger partial charge is 0.398 e. The van der Waals surface area contributed by atoms with Crippen molar-refractivity contribution in [2.45, 2.75) is 11.3 Å². The number of anilines is 1. The van der Waals surface area contributed by atoms with Crippen molar-refractivity contribution in [3.05, 3.63) is 65.7 Å². The van der Waals surface area contributed by atoms with Crippen LogP contribution in [0.3, 0.4) is 0 Å². The lowest BCUT2D eigenvalue weighted by Crippen LogP contribution is -1.90. The summed E-state index contributed by atoms with van der Waals surface area (Å²) in [4.78, 5) is 1.17. The van der Waals surface area contributed by atoms with Crippen molar-refractivity contribution in [2.75, 3.05) is 11.5 Å². The number of fused-ring (bicyclic) bond motifs is 1. The molecule has 2 N–H and O–H groups in total. The monoisotopic (exact) mass is 253 g/mol. The average molecular weight is 253 g/mol. The summed E-state index contributed by atoms with van der Waals surface area (Å²) in [5.74, 6) is 0.991. The number of nitrogen functional groups attached to an aromatic ring is 1. The molecule has 0 unspecified atom stereocenters. The van der Waals surface area contributed by atoms with E-state index >= 15 is 0 Å². The fourth-order valence-electron chi connectivity index (χ4n) is 2.26. The van der Waals surface area contributed by atoms with Gasteiger partial charge in [0.15, 0.2) is 0 Å². The van der Waals surface area contributed by atoms with Gasteiger partial charge in [-0.1, -0.05) is 42.5 Å². The molecule has 0 amide bonds. The molecule has 0 radical (unpaired) electrons. The number of thioether (sulfide) groups is 1. The lowest BCUT2D eigenvalue weighted by atomic mass is 10.1. The van der Waals surface area contributed by atoms with Crippen LogP contribution in [-0.2, 0) is 6.42 Å². The van der Waals surface area contributed by atoms with Gasteiger partial charge in [0.05, 0.1) is 0 Å². The van der Waals surface area contributed by atoms with Crippen molar-refractivity contribution in [2.24, 2.45) is 0 Å². The second kappa shape index (κ2) is 4.91. The molecule has 0 aromatic heterocycles. The third-order valence-electron chi connectivity index (χ3n) is 3.23. The molecule has 3 rings (SSSR count). The fourth-order valence-corrected chi connectivity index (χ4v) is 3.25. The smallest absolute Gasteiger partial charge is 0.0452 e. The van der Waals surface area contributed by atoms with Crippen LogP contribution in [0.1, 0.15) is 11.1 Å². The fraction of sp³-hybridized carbons (Fsp3) is 0.125. The predicted molar refractivity (Wildman–Crippen MR) is 79.7 cm³/mol. The summed E-state index contributed by atoms with van der Waals surface area (Å²) >= 11 is 1.81. The lowest BCUT2D eigenvalue weighted by Gasteiger charge is -2.07. The van der Waals surface area contributed by atoms with Crippen molar-refractivity contribution < 1.29 is 0 Å². The van der Waals surface area contributed by atoms with Crippen LogP contribution >= 0.6 is 11.8 Å². The van der Waals surface area contributed by atoms with E-state index in [1.807, 2.05) is 30.0 Å². The standard InChI is InChI=1S/C16H15NS/c17-15-7-3-4-8-16(15)18-11-13-10-9-12-5-1-2-6-14(12)13/h1-8,10H,9,11,17H2. The summed E-state index contributed by atoms with van der Waals surface area (Å²) in [5.41, 5.74) is 11.1. The highest BCUT2D eigenvalue weighted by Crippen LogP contribution is 2.33. The molecule has 0 aliphatic heterocycles.